The first-order valence-corrected chi connectivity index (χ1v) is 10.7. The number of carbonyl (C=O) groups is 1. The summed E-state index contributed by atoms with van der Waals surface area (Å²) in [5.74, 6) is 1.84. The number of nitrogens with one attached hydrogen (secondary N) is 1. The SMILES string of the molecule is COc1ccc(OC)c(-c2cc(C(=O)NCc3ccnc(N4CCCCC4)n3)n(C)n2)c1. The molecule has 0 radical (unpaired) electrons. The molecule has 0 spiro atoms. The van der Waals surface area contributed by atoms with E-state index in [1.807, 2.05) is 24.3 Å². The molecule has 168 valence electrons. The third-order valence-corrected chi connectivity index (χ3v) is 5.56. The van der Waals surface area contributed by atoms with Crippen molar-refractivity contribution in [3.63, 3.8) is 0 Å². The number of nitrogens with zero attached hydrogens (tertiary/aromatic N) is 5. The van der Waals surface area contributed by atoms with Crippen LogP contribution in [0.3, 0.4) is 0 Å². The molecule has 3 heterocycles. The second kappa shape index (κ2) is 9.67. The highest BCUT2D eigenvalue weighted by Crippen LogP contribution is 2.32. The highest BCUT2D eigenvalue weighted by molar-refractivity contribution is 5.93. The van der Waals surface area contributed by atoms with Gasteiger partial charge in [0.2, 0.25) is 5.95 Å². The van der Waals surface area contributed by atoms with Crippen molar-refractivity contribution in [3.8, 4) is 22.8 Å². The molecule has 4 rings (SSSR count). The average Bonchev–Trinajstić information content (AvgIpc) is 3.24. The Balaban J connectivity index is 1.48. The molecule has 32 heavy (non-hydrogen) atoms. The van der Waals surface area contributed by atoms with Gasteiger partial charge < -0.3 is 19.7 Å². The Hall–Kier alpha value is -3.62. The fourth-order valence-corrected chi connectivity index (χ4v) is 3.82. The first kappa shape index (κ1) is 21.6. The number of amides is 1. The number of methoxy groups -OCH3 is 2. The topological polar surface area (TPSA) is 94.4 Å². The van der Waals surface area contributed by atoms with E-state index in [0.29, 0.717) is 29.4 Å². The lowest BCUT2D eigenvalue weighted by atomic mass is 10.1. The third kappa shape index (κ3) is 4.66. The molecule has 1 fully saturated rings. The van der Waals surface area contributed by atoms with Crippen LogP contribution in [0.25, 0.3) is 11.3 Å². The van der Waals surface area contributed by atoms with Crippen molar-refractivity contribution in [3.05, 3.63) is 47.9 Å². The molecule has 1 N–H and O–H groups in total. The molecular formula is C23H28N6O3. The molecule has 0 saturated carbocycles. The molecular weight excluding hydrogens is 408 g/mol. The summed E-state index contributed by atoms with van der Waals surface area (Å²) in [4.78, 5) is 24.1. The largest absolute Gasteiger partial charge is 0.497 e. The molecule has 1 saturated heterocycles. The van der Waals surface area contributed by atoms with Crippen LogP contribution in [0.4, 0.5) is 5.95 Å². The maximum atomic E-state index is 12.9. The van der Waals surface area contributed by atoms with Gasteiger partial charge in [0.15, 0.2) is 0 Å². The van der Waals surface area contributed by atoms with Crippen molar-refractivity contribution in [2.75, 3.05) is 32.2 Å². The van der Waals surface area contributed by atoms with Crippen LogP contribution < -0.4 is 19.7 Å². The summed E-state index contributed by atoms with van der Waals surface area (Å²) in [6.45, 7) is 2.26. The zero-order chi connectivity index (χ0) is 22.5. The van der Waals surface area contributed by atoms with Gasteiger partial charge in [-0.25, -0.2) is 9.97 Å². The minimum Gasteiger partial charge on any atom is -0.497 e. The van der Waals surface area contributed by atoms with Gasteiger partial charge >= 0.3 is 0 Å². The molecule has 0 aliphatic carbocycles. The van der Waals surface area contributed by atoms with E-state index in [9.17, 15) is 4.79 Å². The van der Waals surface area contributed by atoms with Crippen LogP contribution in [0, 0.1) is 0 Å². The van der Waals surface area contributed by atoms with Crippen LogP contribution in [0.5, 0.6) is 11.5 Å². The smallest absolute Gasteiger partial charge is 0.269 e. The summed E-state index contributed by atoms with van der Waals surface area (Å²) in [5.41, 5.74) is 2.59. The maximum absolute atomic E-state index is 12.9. The van der Waals surface area contributed by atoms with Crippen LogP contribution >= 0.6 is 0 Å². The summed E-state index contributed by atoms with van der Waals surface area (Å²) in [6.07, 6.45) is 5.31. The summed E-state index contributed by atoms with van der Waals surface area (Å²) in [7, 11) is 4.94. The van der Waals surface area contributed by atoms with E-state index in [1.54, 1.807) is 38.2 Å². The third-order valence-electron chi connectivity index (χ3n) is 5.56. The Bertz CT molecular complexity index is 1090. The van der Waals surface area contributed by atoms with E-state index in [1.165, 1.54) is 6.42 Å². The van der Waals surface area contributed by atoms with Gasteiger partial charge in [-0.15, -0.1) is 0 Å². The fraction of sp³-hybridized carbons (Fsp3) is 0.391. The Morgan fingerprint density at radius 1 is 1.09 bits per heavy atom. The van der Waals surface area contributed by atoms with E-state index in [-0.39, 0.29) is 5.91 Å². The molecule has 1 aliphatic heterocycles. The molecule has 1 aromatic carbocycles. The van der Waals surface area contributed by atoms with Crippen molar-refractivity contribution in [1.29, 1.82) is 0 Å². The first-order valence-electron chi connectivity index (χ1n) is 10.7. The molecule has 3 aromatic rings. The summed E-state index contributed by atoms with van der Waals surface area (Å²) >= 11 is 0. The lowest BCUT2D eigenvalue weighted by Crippen LogP contribution is -2.31. The van der Waals surface area contributed by atoms with Crippen LogP contribution in [0.1, 0.15) is 35.4 Å². The summed E-state index contributed by atoms with van der Waals surface area (Å²) < 4.78 is 12.3. The number of aryl methyl sites for hydroxylation is 1. The predicted octanol–water partition coefficient (Wildman–Crippen LogP) is 2.81. The number of hydrogen-bond acceptors (Lipinski definition) is 7. The van der Waals surface area contributed by atoms with Gasteiger partial charge in [-0.2, -0.15) is 5.10 Å². The Labute approximate surface area is 187 Å². The summed E-state index contributed by atoms with van der Waals surface area (Å²) in [5, 5.41) is 7.44. The number of piperidine rings is 1. The number of ether oxygens (including phenoxy) is 2. The monoisotopic (exact) mass is 436 g/mol. The molecule has 0 atom stereocenters. The number of rotatable bonds is 7. The second-order valence-electron chi connectivity index (χ2n) is 7.68. The lowest BCUT2D eigenvalue weighted by Gasteiger charge is -2.26. The molecule has 0 unspecified atom stereocenters. The van der Waals surface area contributed by atoms with E-state index < -0.39 is 0 Å². The van der Waals surface area contributed by atoms with Crippen LogP contribution in [0.15, 0.2) is 36.5 Å². The molecule has 2 aromatic heterocycles. The molecule has 9 heteroatoms. The van der Waals surface area contributed by atoms with E-state index in [4.69, 9.17) is 9.47 Å². The van der Waals surface area contributed by atoms with Gasteiger partial charge in [-0.05, 0) is 49.6 Å². The number of anilines is 1. The number of hydrogen-bond donors (Lipinski definition) is 1. The average molecular weight is 437 g/mol. The molecule has 1 aliphatic rings. The zero-order valence-corrected chi connectivity index (χ0v) is 18.7. The van der Waals surface area contributed by atoms with Gasteiger partial charge in [-0.3, -0.25) is 9.48 Å². The summed E-state index contributed by atoms with van der Waals surface area (Å²) in [6, 6.07) is 9.04. The Morgan fingerprint density at radius 2 is 1.91 bits per heavy atom. The predicted molar refractivity (Wildman–Crippen MR) is 121 cm³/mol. The van der Waals surface area contributed by atoms with Gasteiger partial charge in [0, 0.05) is 31.9 Å². The van der Waals surface area contributed by atoms with E-state index >= 15 is 0 Å². The molecule has 0 bridgehead atoms. The van der Waals surface area contributed by atoms with Gasteiger partial charge in [0.25, 0.3) is 5.91 Å². The normalized spacial score (nSPS) is 13.7. The Kier molecular flexibility index (Phi) is 6.53. The van der Waals surface area contributed by atoms with Crippen molar-refractivity contribution in [1.82, 2.24) is 25.1 Å². The van der Waals surface area contributed by atoms with Crippen molar-refractivity contribution < 1.29 is 14.3 Å². The minimum atomic E-state index is -0.230. The van der Waals surface area contributed by atoms with Crippen LogP contribution in [-0.4, -0.2) is 53.0 Å². The first-order chi connectivity index (χ1) is 15.6. The van der Waals surface area contributed by atoms with Crippen molar-refractivity contribution in [2.24, 2.45) is 7.05 Å². The van der Waals surface area contributed by atoms with E-state index in [0.717, 1.165) is 43.1 Å². The minimum absolute atomic E-state index is 0.230. The highest BCUT2D eigenvalue weighted by Gasteiger charge is 2.18. The van der Waals surface area contributed by atoms with Crippen molar-refractivity contribution in [2.45, 2.75) is 25.8 Å². The van der Waals surface area contributed by atoms with Crippen molar-refractivity contribution >= 4 is 11.9 Å². The highest BCUT2D eigenvalue weighted by atomic mass is 16.5. The lowest BCUT2D eigenvalue weighted by molar-refractivity contribution is 0.0941. The standard InChI is InChI=1S/C23H28N6O3/c1-28-20(14-19(27-28)18-13-17(31-2)7-8-21(18)32-3)22(30)25-15-16-9-10-24-23(26-16)29-11-5-4-6-12-29/h7-10,13-14H,4-6,11-12,15H2,1-3H3,(H,25,30). The number of carbonyl (C=O) groups excluding carboxylic acids is 1. The van der Waals surface area contributed by atoms with Crippen LogP contribution in [0.2, 0.25) is 0 Å². The Morgan fingerprint density at radius 3 is 2.66 bits per heavy atom. The maximum Gasteiger partial charge on any atom is 0.269 e. The van der Waals surface area contributed by atoms with Crippen LogP contribution in [-0.2, 0) is 13.6 Å². The quantitative estimate of drug-likeness (QED) is 0.609. The second-order valence-corrected chi connectivity index (χ2v) is 7.68. The number of benzene rings is 1. The zero-order valence-electron chi connectivity index (χ0n) is 18.7. The molecule has 1 amide bonds. The number of aromatic nitrogens is 4. The van der Waals surface area contributed by atoms with Gasteiger partial charge in [0.05, 0.1) is 32.2 Å². The van der Waals surface area contributed by atoms with E-state index in [2.05, 4.69) is 25.3 Å². The fourth-order valence-electron chi connectivity index (χ4n) is 3.82. The van der Waals surface area contributed by atoms with Gasteiger partial charge in [0.1, 0.15) is 17.2 Å². The molecule has 9 nitrogen and oxygen atoms in total. The van der Waals surface area contributed by atoms with Gasteiger partial charge in [-0.1, -0.05) is 0 Å².